The summed E-state index contributed by atoms with van der Waals surface area (Å²) in [4.78, 5) is 39.8. The zero-order valence-electron chi connectivity index (χ0n) is 24.7. The molecule has 4 rings (SSSR count). The van der Waals surface area contributed by atoms with Gasteiger partial charge >= 0.3 is 12.5 Å². The average molecular weight is 660 g/mol. The highest BCUT2D eigenvalue weighted by Crippen LogP contribution is 2.35. The first kappa shape index (κ1) is 34.0. The number of alkyl carbamates (subject to hydrolysis) is 1. The highest BCUT2D eigenvalue weighted by atomic mass is 32.2. The Bertz CT molecular complexity index is 1540. The number of ether oxygens (including phenoxy) is 3. The van der Waals surface area contributed by atoms with Gasteiger partial charge in [-0.25, -0.2) is 17.6 Å². The lowest BCUT2D eigenvalue weighted by molar-refractivity contribution is -0.274. The van der Waals surface area contributed by atoms with Gasteiger partial charge in [0.15, 0.2) is 9.84 Å². The van der Waals surface area contributed by atoms with E-state index in [1.807, 2.05) is 0 Å². The van der Waals surface area contributed by atoms with E-state index in [1.54, 1.807) is 20.8 Å². The smallest absolute Gasteiger partial charge is 0.444 e. The van der Waals surface area contributed by atoms with E-state index >= 15 is 4.39 Å². The number of benzene rings is 2. The second kappa shape index (κ2) is 13.2. The number of amides is 3. The van der Waals surface area contributed by atoms with Crippen molar-refractivity contribution in [2.75, 3.05) is 30.4 Å². The van der Waals surface area contributed by atoms with Crippen LogP contribution in [0.3, 0.4) is 0 Å². The Hall–Kier alpha value is -3.92. The number of fused-ring (bicyclic) bond motifs is 1. The molecule has 16 heteroatoms. The number of halogens is 4. The summed E-state index contributed by atoms with van der Waals surface area (Å²) in [6, 6.07) is 4.32. The largest absolute Gasteiger partial charge is 0.573 e. The fourth-order valence-electron chi connectivity index (χ4n) is 4.84. The van der Waals surface area contributed by atoms with Crippen LogP contribution in [0.2, 0.25) is 0 Å². The molecular weight excluding hydrogens is 626 g/mol. The summed E-state index contributed by atoms with van der Waals surface area (Å²) in [6.07, 6.45) is -4.66. The number of nitrogens with zero attached hydrogens (tertiary/aromatic N) is 1. The van der Waals surface area contributed by atoms with Gasteiger partial charge < -0.3 is 29.7 Å². The predicted octanol–water partition coefficient (Wildman–Crippen LogP) is 4.09. The lowest BCUT2D eigenvalue weighted by Crippen LogP contribution is -2.51. The summed E-state index contributed by atoms with van der Waals surface area (Å²) < 4.78 is 94.6. The number of rotatable bonds is 7. The molecule has 2 heterocycles. The summed E-state index contributed by atoms with van der Waals surface area (Å²) in [7, 11) is -4.46. The molecule has 0 bridgehead atoms. The maximum Gasteiger partial charge on any atom is 0.573 e. The molecule has 3 amide bonds. The normalized spacial score (nSPS) is 18.9. The van der Waals surface area contributed by atoms with Gasteiger partial charge in [0.05, 0.1) is 28.4 Å². The number of hydrogen-bond acceptors (Lipinski definition) is 8. The van der Waals surface area contributed by atoms with Crippen LogP contribution in [0.15, 0.2) is 41.3 Å². The van der Waals surface area contributed by atoms with Crippen molar-refractivity contribution in [2.24, 2.45) is 5.92 Å². The molecule has 0 spiro atoms. The zero-order chi connectivity index (χ0) is 33.2. The molecule has 0 unspecified atom stereocenters. The average Bonchev–Trinajstić information content (AvgIpc) is 2.99. The molecular formula is C29H33F4N3O8S. The van der Waals surface area contributed by atoms with E-state index < -0.39 is 80.1 Å². The second-order valence-electron chi connectivity index (χ2n) is 11.7. The van der Waals surface area contributed by atoms with Gasteiger partial charge in [0.2, 0.25) is 0 Å². The molecule has 45 heavy (non-hydrogen) atoms. The van der Waals surface area contributed by atoms with Crippen molar-refractivity contribution in [3.8, 4) is 5.75 Å². The molecule has 1 atom stereocenters. The number of carbonyl (C=O) groups excluding carboxylic acids is 3. The fourth-order valence-corrected chi connectivity index (χ4v) is 6.46. The van der Waals surface area contributed by atoms with Gasteiger partial charge in [-0.2, -0.15) is 0 Å². The predicted molar refractivity (Wildman–Crippen MR) is 152 cm³/mol. The summed E-state index contributed by atoms with van der Waals surface area (Å²) >= 11 is 0. The molecule has 2 N–H and O–H groups in total. The first-order chi connectivity index (χ1) is 20.9. The van der Waals surface area contributed by atoms with E-state index in [9.17, 15) is 36.0 Å². The first-order valence-electron chi connectivity index (χ1n) is 14.0. The Kier molecular flexibility index (Phi) is 9.97. The number of hydrogen-bond donors (Lipinski definition) is 2. The van der Waals surface area contributed by atoms with Crippen LogP contribution in [-0.2, 0) is 30.7 Å². The quantitative estimate of drug-likeness (QED) is 0.424. The maximum atomic E-state index is 15.3. The molecule has 1 fully saturated rings. The van der Waals surface area contributed by atoms with Crippen molar-refractivity contribution in [3.63, 3.8) is 0 Å². The van der Waals surface area contributed by atoms with Gasteiger partial charge in [-0.1, -0.05) is 12.1 Å². The summed E-state index contributed by atoms with van der Waals surface area (Å²) in [5.74, 6) is -4.34. The van der Waals surface area contributed by atoms with Crippen LogP contribution in [0, 0.1) is 11.7 Å². The molecule has 0 aromatic heterocycles. The van der Waals surface area contributed by atoms with Gasteiger partial charge in [0.1, 0.15) is 23.2 Å². The molecule has 1 saturated heterocycles. The lowest BCUT2D eigenvalue weighted by Gasteiger charge is -2.27. The van der Waals surface area contributed by atoms with Gasteiger partial charge in [0.25, 0.3) is 11.8 Å². The Morgan fingerprint density at radius 3 is 2.31 bits per heavy atom. The highest BCUT2D eigenvalue weighted by Gasteiger charge is 2.40. The van der Waals surface area contributed by atoms with Gasteiger partial charge in [-0.3, -0.25) is 9.59 Å². The Morgan fingerprint density at radius 2 is 1.71 bits per heavy atom. The van der Waals surface area contributed by atoms with Crippen molar-refractivity contribution in [3.05, 3.63) is 53.3 Å². The van der Waals surface area contributed by atoms with Crippen LogP contribution < -0.4 is 20.3 Å². The van der Waals surface area contributed by atoms with E-state index in [0.29, 0.717) is 32.1 Å². The minimum Gasteiger partial charge on any atom is -0.444 e. The Labute approximate surface area is 257 Å². The van der Waals surface area contributed by atoms with Gasteiger partial charge in [-0.15, -0.1) is 13.2 Å². The Balaban J connectivity index is 1.72. The van der Waals surface area contributed by atoms with Crippen molar-refractivity contribution in [1.82, 2.24) is 10.6 Å². The van der Waals surface area contributed by atoms with Crippen LogP contribution in [0.25, 0.3) is 0 Å². The molecule has 0 radical (unpaired) electrons. The van der Waals surface area contributed by atoms with Gasteiger partial charge in [-0.05, 0) is 69.4 Å². The number of sulfone groups is 1. The number of carbonyl (C=O) groups is 3. The van der Waals surface area contributed by atoms with Crippen LogP contribution in [0.5, 0.6) is 5.75 Å². The molecule has 0 aliphatic carbocycles. The van der Waals surface area contributed by atoms with Crippen molar-refractivity contribution in [1.29, 1.82) is 0 Å². The van der Waals surface area contributed by atoms with Crippen LogP contribution >= 0.6 is 0 Å². The van der Waals surface area contributed by atoms with Crippen molar-refractivity contribution >= 4 is 33.4 Å². The molecule has 0 saturated carbocycles. The van der Waals surface area contributed by atoms with E-state index in [1.165, 1.54) is 12.1 Å². The number of anilines is 1. The summed E-state index contributed by atoms with van der Waals surface area (Å²) in [6.45, 7) is 5.51. The van der Waals surface area contributed by atoms with Crippen LogP contribution in [-0.4, -0.2) is 69.8 Å². The lowest BCUT2D eigenvalue weighted by atomic mass is 10.0. The molecule has 11 nitrogen and oxygen atoms in total. The topological polar surface area (TPSA) is 140 Å². The van der Waals surface area contributed by atoms with Crippen molar-refractivity contribution < 1.29 is 54.6 Å². The second-order valence-corrected chi connectivity index (χ2v) is 13.7. The third-order valence-corrected chi connectivity index (χ3v) is 8.72. The first-order valence-corrected chi connectivity index (χ1v) is 15.6. The maximum absolute atomic E-state index is 15.3. The van der Waals surface area contributed by atoms with Crippen LogP contribution in [0.1, 0.15) is 49.5 Å². The van der Waals surface area contributed by atoms with E-state index in [-0.39, 0.29) is 23.7 Å². The van der Waals surface area contributed by atoms with Gasteiger partial charge in [0, 0.05) is 19.8 Å². The minimum absolute atomic E-state index is 0.0917. The molecule has 2 aromatic rings. The standard InChI is InChI=1S/C29H33F4N3O8S/c1-28(2,3)44-27(39)35-22-16-45(40,41)24-13-21(30)20(25(37)34-14-17-8-10-42-11-9-17)12-23(24)36(26(22)38)15-18-4-6-19(7-5-18)43-29(31,32)33/h4-7,12-13,17,22H,8-11,14-16H2,1-3H3,(H,34,37)(H,35,39)/t22-/m0/s1. The minimum atomic E-state index is -4.94. The fraction of sp³-hybridized carbons (Fsp3) is 0.483. The Morgan fingerprint density at radius 1 is 1.07 bits per heavy atom. The summed E-state index contributed by atoms with van der Waals surface area (Å²) in [5, 5.41) is 4.90. The SMILES string of the molecule is CC(C)(C)OC(=O)N[C@H]1CS(=O)(=O)c2cc(F)c(C(=O)NCC3CCOCC3)cc2N(Cc2ccc(OC(F)(F)F)cc2)C1=O. The van der Waals surface area contributed by atoms with E-state index in [4.69, 9.17) is 9.47 Å². The highest BCUT2D eigenvalue weighted by molar-refractivity contribution is 7.91. The monoisotopic (exact) mass is 659 g/mol. The molecule has 2 aromatic carbocycles. The number of nitrogens with one attached hydrogen (secondary N) is 2. The summed E-state index contributed by atoms with van der Waals surface area (Å²) in [5.41, 5.74) is -1.63. The van der Waals surface area contributed by atoms with E-state index in [0.717, 1.165) is 23.1 Å². The third-order valence-electron chi connectivity index (χ3n) is 6.95. The number of alkyl halides is 3. The van der Waals surface area contributed by atoms with E-state index in [2.05, 4.69) is 15.4 Å². The third kappa shape index (κ3) is 9.06. The molecule has 2 aliphatic rings. The molecule has 246 valence electrons. The van der Waals surface area contributed by atoms with Crippen LogP contribution in [0.4, 0.5) is 28.0 Å². The van der Waals surface area contributed by atoms with Crippen molar-refractivity contribution in [2.45, 2.75) is 63.1 Å². The zero-order valence-corrected chi connectivity index (χ0v) is 25.5. The molecule has 2 aliphatic heterocycles.